The van der Waals surface area contributed by atoms with Crippen LogP contribution in [0.5, 0.6) is 0 Å². The van der Waals surface area contributed by atoms with Gasteiger partial charge in [0.25, 0.3) is 0 Å². The molecule has 0 rings (SSSR count). The summed E-state index contributed by atoms with van der Waals surface area (Å²) in [7, 11) is 0. The summed E-state index contributed by atoms with van der Waals surface area (Å²) >= 11 is 0. The highest BCUT2D eigenvalue weighted by molar-refractivity contribution is 4.54. The standard InChI is InChI=1S/C44H89/c1-3-5-7-9-11-13-15-17-19-21-23-25-27-29-31-33-35-37-39-41-43-44-42-40-38-36-34-32-30-28-26-24-22-20-18-16-14-12-10-8-6-4-2/h1,3-44H2,2H3. The number of unbranched alkanes of at least 4 members (excludes halogenated alkanes) is 41. The fourth-order valence-corrected chi connectivity index (χ4v) is 7.14. The minimum atomic E-state index is 1.12. The lowest BCUT2D eigenvalue weighted by molar-refractivity contribution is 0.509. The third kappa shape index (κ3) is 42.0. The van der Waals surface area contributed by atoms with Crippen molar-refractivity contribution < 1.29 is 0 Å². The zero-order valence-corrected chi connectivity index (χ0v) is 31.4. The van der Waals surface area contributed by atoms with Gasteiger partial charge < -0.3 is 0 Å². The van der Waals surface area contributed by atoms with Crippen molar-refractivity contribution in [3.05, 3.63) is 6.92 Å². The number of rotatable bonds is 41. The third-order valence-electron chi connectivity index (χ3n) is 10.4. The highest BCUT2D eigenvalue weighted by atomic mass is 14.0. The van der Waals surface area contributed by atoms with Crippen LogP contribution >= 0.6 is 0 Å². The number of hydrogen-bond donors (Lipinski definition) is 0. The van der Waals surface area contributed by atoms with E-state index in [0.29, 0.717) is 0 Å². The van der Waals surface area contributed by atoms with Crippen molar-refractivity contribution in [1.82, 2.24) is 0 Å². The molecule has 0 aromatic heterocycles. The molecule has 0 aromatic rings. The van der Waals surface area contributed by atoms with Crippen molar-refractivity contribution in [1.29, 1.82) is 0 Å². The van der Waals surface area contributed by atoms with Gasteiger partial charge in [-0.1, -0.05) is 284 Å². The Balaban J connectivity index is 3.03. The molecule has 0 N–H and O–H groups in total. The van der Waals surface area contributed by atoms with E-state index in [9.17, 15) is 0 Å². The highest BCUT2D eigenvalue weighted by Gasteiger charge is 1.98. The predicted molar refractivity (Wildman–Crippen MR) is 205 cm³/mol. The van der Waals surface area contributed by atoms with Crippen LogP contribution in [0.2, 0.25) is 0 Å². The van der Waals surface area contributed by atoms with Gasteiger partial charge in [-0.25, -0.2) is 0 Å². The molecule has 44 heavy (non-hydrogen) atoms. The molecule has 0 saturated heterocycles. The SMILES string of the molecule is [CH2]CCCCCCCCCCCCCCCCCCCCCCCCCCCCCCCCCCCCCCCCCCC. The maximum absolute atomic E-state index is 3.93. The van der Waals surface area contributed by atoms with Gasteiger partial charge in [-0.05, 0) is 0 Å². The first kappa shape index (κ1) is 44.0. The van der Waals surface area contributed by atoms with E-state index < -0.39 is 0 Å². The average Bonchev–Trinajstić information content (AvgIpc) is 3.04. The van der Waals surface area contributed by atoms with Crippen molar-refractivity contribution in [2.75, 3.05) is 0 Å². The lowest BCUT2D eigenvalue weighted by atomic mass is 10.0. The van der Waals surface area contributed by atoms with E-state index in [1.807, 2.05) is 0 Å². The highest BCUT2D eigenvalue weighted by Crippen LogP contribution is 2.18. The molecule has 0 fully saturated rings. The van der Waals surface area contributed by atoms with Gasteiger partial charge in [0, 0.05) is 0 Å². The van der Waals surface area contributed by atoms with E-state index >= 15 is 0 Å². The molecule has 0 spiro atoms. The topological polar surface area (TPSA) is 0 Å². The molecule has 265 valence electrons. The van der Waals surface area contributed by atoms with E-state index in [0.717, 1.165) is 6.42 Å². The molecular formula is C44H89. The molecular weight excluding hydrogens is 528 g/mol. The van der Waals surface area contributed by atoms with Crippen LogP contribution in [0.25, 0.3) is 0 Å². The zero-order valence-electron chi connectivity index (χ0n) is 31.4. The molecule has 0 unspecified atom stereocenters. The first-order valence-electron chi connectivity index (χ1n) is 21.7. The van der Waals surface area contributed by atoms with Crippen LogP contribution < -0.4 is 0 Å². The monoisotopic (exact) mass is 618 g/mol. The van der Waals surface area contributed by atoms with Crippen LogP contribution in [0, 0.1) is 6.92 Å². The minimum Gasteiger partial charge on any atom is -0.0654 e. The molecule has 0 bridgehead atoms. The van der Waals surface area contributed by atoms with Crippen molar-refractivity contribution in [2.45, 2.75) is 277 Å². The number of hydrogen-bond acceptors (Lipinski definition) is 0. The van der Waals surface area contributed by atoms with E-state index in [-0.39, 0.29) is 0 Å². The average molecular weight is 618 g/mol. The quantitative estimate of drug-likeness (QED) is 0.0599. The summed E-state index contributed by atoms with van der Waals surface area (Å²) in [5.74, 6) is 0. The molecule has 0 heterocycles. The second-order valence-electron chi connectivity index (χ2n) is 15.0. The summed E-state index contributed by atoms with van der Waals surface area (Å²) in [4.78, 5) is 0. The minimum absolute atomic E-state index is 1.12. The summed E-state index contributed by atoms with van der Waals surface area (Å²) < 4.78 is 0. The maximum atomic E-state index is 3.93. The van der Waals surface area contributed by atoms with Gasteiger partial charge >= 0.3 is 0 Å². The van der Waals surface area contributed by atoms with Crippen LogP contribution in [-0.4, -0.2) is 0 Å². The Bertz CT molecular complexity index is 411. The van der Waals surface area contributed by atoms with Crippen LogP contribution in [0.1, 0.15) is 277 Å². The second kappa shape index (κ2) is 43.0. The lowest BCUT2D eigenvalue weighted by Gasteiger charge is -2.05. The molecule has 0 aromatic carbocycles. The Morgan fingerprint density at radius 2 is 0.295 bits per heavy atom. The molecule has 0 heteroatoms. The molecule has 0 aliphatic carbocycles. The second-order valence-corrected chi connectivity index (χ2v) is 15.0. The van der Waals surface area contributed by atoms with Gasteiger partial charge in [0.2, 0.25) is 0 Å². The molecule has 0 aliphatic heterocycles. The van der Waals surface area contributed by atoms with Crippen LogP contribution in [-0.2, 0) is 0 Å². The molecule has 0 saturated carbocycles. The van der Waals surface area contributed by atoms with Crippen LogP contribution in [0.15, 0.2) is 0 Å². The molecule has 0 atom stereocenters. The summed E-state index contributed by atoms with van der Waals surface area (Å²) in [5.41, 5.74) is 0. The fraction of sp³-hybridized carbons (Fsp3) is 0.977. The first-order chi connectivity index (χ1) is 21.9. The van der Waals surface area contributed by atoms with E-state index in [2.05, 4.69) is 13.8 Å². The van der Waals surface area contributed by atoms with Gasteiger partial charge in [0.1, 0.15) is 0 Å². The zero-order chi connectivity index (χ0) is 31.7. The van der Waals surface area contributed by atoms with E-state index in [4.69, 9.17) is 0 Å². The Morgan fingerprint density at radius 3 is 0.409 bits per heavy atom. The molecule has 1 radical (unpaired) electrons. The normalized spacial score (nSPS) is 11.6. The Morgan fingerprint density at radius 1 is 0.182 bits per heavy atom. The molecule has 0 nitrogen and oxygen atoms in total. The summed E-state index contributed by atoms with van der Waals surface area (Å²) in [6.45, 7) is 6.24. The largest absolute Gasteiger partial charge is 0.0654 e. The summed E-state index contributed by atoms with van der Waals surface area (Å²) in [5, 5.41) is 0. The van der Waals surface area contributed by atoms with Crippen molar-refractivity contribution in [3.63, 3.8) is 0 Å². The smallest absolute Gasteiger partial charge is 0.0533 e. The van der Waals surface area contributed by atoms with Crippen LogP contribution in [0.4, 0.5) is 0 Å². The van der Waals surface area contributed by atoms with Gasteiger partial charge in [0.05, 0.1) is 0 Å². The fourth-order valence-electron chi connectivity index (χ4n) is 7.14. The Labute approximate surface area is 282 Å². The van der Waals surface area contributed by atoms with E-state index in [1.165, 1.54) is 263 Å². The van der Waals surface area contributed by atoms with Crippen molar-refractivity contribution >= 4 is 0 Å². The van der Waals surface area contributed by atoms with Crippen LogP contribution in [0.3, 0.4) is 0 Å². The van der Waals surface area contributed by atoms with Gasteiger partial charge in [-0.15, -0.1) is 0 Å². The van der Waals surface area contributed by atoms with Crippen molar-refractivity contribution in [3.8, 4) is 0 Å². The third-order valence-corrected chi connectivity index (χ3v) is 10.4. The maximum Gasteiger partial charge on any atom is -0.0533 e. The lowest BCUT2D eigenvalue weighted by Crippen LogP contribution is -1.85. The Hall–Kier alpha value is 0. The molecule has 0 amide bonds. The first-order valence-corrected chi connectivity index (χ1v) is 21.7. The summed E-state index contributed by atoms with van der Waals surface area (Å²) in [6, 6.07) is 0. The van der Waals surface area contributed by atoms with Gasteiger partial charge in [0.15, 0.2) is 0 Å². The van der Waals surface area contributed by atoms with Gasteiger partial charge in [-0.3, -0.25) is 0 Å². The van der Waals surface area contributed by atoms with Crippen molar-refractivity contribution in [2.24, 2.45) is 0 Å². The van der Waals surface area contributed by atoms with E-state index in [1.54, 1.807) is 0 Å². The Kier molecular flexibility index (Phi) is 43.0. The molecule has 0 aliphatic rings. The summed E-state index contributed by atoms with van der Waals surface area (Å²) in [6.07, 6.45) is 61.8. The predicted octanol–water partition coefficient (Wildman–Crippen LogP) is 17.2. The van der Waals surface area contributed by atoms with Gasteiger partial charge in [-0.2, -0.15) is 0 Å².